The van der Waals surface area contributed by atoms with E-state index in [-0.39, 0.29) is 16.9 Å². The van der Waals surface area contributed by atoms with Crippen LogP contribution in [0.15, 0.2) is 30.7 Å². The molecule has 26 heavy (non-hydrogen) atoms. The van der Waals surface area contributed by atoms with Gasteiger partial charge < -0.3 is 9.67 Å². The van der Waals surface area contributed by atoms with Gasteiger partial charge in [-0.25, -0.2) is 24.1 Å². The second kappa shape index (κ2) is 5.45. The lowest BCUT2D eigenvalue weighted by Crippen LogP contribution is -2.17. The summed E-state index contributed by atoms with van der Waals surface area (Å²) in [6.07, 6.45) is 3.46. The van der Waals surface area contributed by atoms with Crippen molar-refractivity contribution in [3.05, 3.63) is 59.3 Å². The molecular formula is C19H17FN4O2. The highest BCUT2D eigenvalue weighted by Crippen LogP contribution is 2.36. The lowest BCUT2D eigenvalue weighted by atomic mass is 9.94. The van der Waals surface area contributed by atoms with E-state index in [2.05, 4.69) is 9.97 Å². The van der Waals surface area contributed by atoms with Gasteiger partial charge >= 0.3 is 5.97 Å². The molecule has 1 aliphatic rings. The number of benzene rings is 1. The van der Waals surface area contributed by atoms with Crippen molar-refractivity contribution in [2.45, 2.75) is 32.6 Å². The molecule has 1 aliphatic heterocycles. The third kappa shape index (κ3) is 2.47. The van der Waals surface area contributed by atoms with Crippen molar-refractivity contribution in [3.8, 4) is 16.9 Å². The quantitative estimate of drug-likeness (QED) is 0.568. The molecule has 4 rings (SSSR count). The number of nitrogens with zero attached hydrogens (tertiary/aromatic N) is 4. The summed E-state index contributed by atoms with van der Waals surface area (Å²) in [6.45, 7) is 6.02. The van der Waals surface area contributed by atoms with E-state index >= 15 is 0 Å². The minimum Gasteiger partial charge on any atom is -0.476 e. The summed E-state index contributed by atoms with van der Waals surface area (Å²) in [5, 5.41) is 9.45. The summed E-state index contributed by atoms with van der Waals surface area (Å²) < 4.78 is 15.7. The van der Waals surface area contributed by atoms with E-state index in [9.17, 15) is 14.3 Å². The molecule has 0 aliphatic carbocycles. The van der Waals surface area contributed by atoms with Gasteiger partial charge in [0.15, 0.2) is 5.69 Å². The van der Waals surface area contributed by atoms with E-state index in [1.54, 1.807) is 16.8 Å². The molecule has 0 saturated carbocycles. The van der Waals surface area contributed by atoms with Crippen molar-refractivity contribution in [1.82, 2.24) is 19.5 Å². The Morgan fingerprint density at radius 3 is 2.73 bits per heavy atom. The normalized spacial score (nSPS) is 12.8. The third-order valence-electron chi connectivity index (χ3n) is 4.44. The monoisotopic (exact) mass is 352 g/mol. The Hall–Kier alpha value is -3.09. The number of fused-ring (bicyclic) bond motifs is 5. The van der Waals surface area contributed by atoms with E-state index in [0.29, 0.717) is 34.9 Å². The van der Waals surface area contributed by atoms with Crippen LogP contribution >= 0.6 is 0 Å². The average Bonchev–Trinajstić information content (AvgIpc) is 2.92. The highest BCUT2D eigenvalue weighted by molar-refractivity contribution is 5.88. The first kappa shape index (κ1) is 16.4. The van der Waals surface area contributed by atoms with Crippen LogP contribution in [-0.4, -0.2) is 30.6 Å². The summed E-state index contributed by atoms with van der Waals surface area (Å²) in [4.78, 5) is 24.7. The SMILES string of the molecule is CC(C)(C)c1ncc2c(n1)-c1cc(F)ccc1-n1cnc(C(=O)O)c1C2. The molecule has 7 heteroatoms. The Kier molecular flexibility index (Phi) is 3.44. The largest absolute Gasteiger partial charge is 0.476 e. The summed E-state index contributed by atoms with van der Waals surface area (Å²) >= 11 is 0. The van der Waals surface area contributed by atoms with Gasteiger partial charge in [-0.1, -0.05) is 20.8 Å². The highest BCUT2D eigenvalue weighted by Gasteiger charge is 2.28. The zero-order valence-corrected chi connectivity index (χ0v) is 14.6. The minimum atomic E-state index is -1.10. The zero-order chi connectivity index (χ0) is 18.6. The van der Waals surface area contributed by atoms with Crippen LogP contribution in [0.4, 0.5) is 4.39 Å². The van der Waals surface area contributed by atoms with Gasteiger partial charge in [0.05, 0.1) is 17.1 Å². The number of hydrogen-bond acceptors (Lipinski definition) is 4. The Bertz CT molecular complexity index is 1050. The predicted octanol–water partition coefficient (Wildman–Crippen LogP) is 3.37. The standard InChI is InChI=1S/C19H17FN4O2/c1-19(2,3)18-21-8-10-6-14-16(17(25)26)22-9-24(14)13-5-4-11(20)7-12(13)15(10)23-18/h4-5,7-9H,6H2,1-3H3,(H,25,26). The summed E-state index contributed by atoms with van der Waals surface area (Å²) in [5.41, 5.74) is 2.85. The van der Waals surface area contributed by atoms with E-state index in [4.69, 9.17) is 4.98 Å². The van der Waals surface area contributed by atoms with Gasteiger partial charge in [-0.05, 0) is 18.2 Å². The Labute approximate surface area is 149 Å². The highest BCUT2D eigenvalue weighted by atomic mass is 19.1. The van der Waals surface area contributed by atoms with Crippen molar-refractivity contribution >= 4 is 5.97 Å². The van der Waals surface area contributed by atoms with Crippen molar-refractivity contribution < 1.29 is 14.3 Å². The van der Waals surface area contributed by atoms with E-state index in [1.165, 1.54) is 18.5 Å². The Morgan fingerprint density at radius 1 is 1.27 bits per heavy atom. The number of rotatable bonds is 1. The summed E-state index contributed by atoms with van der Waals surface area (Å²) in [5.74, 6) is -0.833. The topological polar surface area (TPSA) is 80.9 Å². The van der Waals surface area contributed by atoms with Crippen LogP contribution in [0, 0.1) is 5.82 Å². The second-order valence-corrected chi connectivity index (χ2v) is 7.37. The number of hydrogen-bond donors (Lipinski definition) is 1. The van der Waals surface area contributed by atoms with Crippen molar-refractivity contribution in [3.63, 3.8) is 0 Å². The van der Waals surface area contributed by atoms with Gasteiger partial charge in [-0.2, -0.15) is 0 Å². The minimum absolute atomic E-state index is 0.0203. The zero-order valence-electron chi connectivity index (χ0n) is 14.6. The van der Waals surface area contributed by atoms with Gasteiger partial charge in [-0.3, -0.25) is 0 Å². The number of carbonyl (C=O) groups is 1. The number of aromatic nitrogens is 4. The molecule has 0 saturated heterocycles. The van der Waals surface area contributed by atoms with E-state index in [0.717, 1.165) is 5.56 Å². The summed E-state index contributed by atoms with van der Waals surface area (Å²) in [6, 6.07) is 4.39. The van der Waals surface area contributed by atoms with E-state index < -0.39 is 5.97 Å². The first-order valence-corrected chi connectivity index (χ1v) is 8.22. The molecule has 0 radical (unpaired) electrons. The van der Waals surface area contributed by atoms with Crippen LogP contribution in [0.25, 0.3) is 16.9 Å². The molecule has 1 N–H and O–H groups in total. The molecule has 0 spiro atoms. The molecule has 0 unspecified atom stereocenters. The molecule has 1 aromatic carbocycles. The molecule has 0 fully saturated rings. The first-order valence-electron chi connectivity index (χ1n) is 8.22. The molecular weight excluding hydrogens is 335 g/mol. The molecule has 3 aromatic rings. The molecule has 0 amide bonds. The lowest BCUT2D eigenvalue weighted by molar-refractivity contribution is 0.0690. The average molecular weight is 352 g/mol. The molecule has 132 valence electrons. The second-order valence-electron chi connectivity index (χ2n) is 7.37. The number of carboxylic acids is 1. The van der Waals surface area contributed by atoms with Crippen LogP contribution < -0.4 is 0 Å². The number of halogens is 1. The molecule has 0 atom stereocenters. The lowest BCUT2D eigenvalue weighted by Gasteiger charge is -2.18. The van der Waals surface area contributed by atoms with Crippen molar-refractivity contribution in [1.29, 1.82) is 0 Å². The molecule has 3 heterocycles. The third-order valence-corrected chi connectivity index (χ3v) is 4.44. The maximum atomic E-state index is 14.0. The summed E-state index contributed by atoms with van der Waals surface area (Å²) in [7, 11) is 0. The van der Waals surface area contributed by atoms with Crippen LogP contribution in [0.1, 0.15) is 48.3 Å². The molecule has 0 bridgehead atoms. The first-order chi connectivity index (χ1) is 12.3. The smallest absolute Gasteiger partial charge is 0.356 e. The van der Waals surface area contributed by atoms with Gasteiger partial charge in [0.1, 0.15) is 18.0 Å². The Balaban J connectivity index is 2.05. The number of carboxylic acid groups (broad SMARTS) is 1. The molecule has 2 aromatic heterocycles. The van der Waals surface area contributed by atoms with Gasteiger partial charge in [-0.15, -0.1) is 0 Å². The van der Waals surface area contributed by atoms with E-state index in [1.807, 2.05) is 20.8 Å². The van der Waals surface area contributed by atoms with Crippen molar-refractivity contribution in [2.24, 2.45) is 0 Å². The fourth-order valence-electron chi connectivity index (χ4n) is 3.15. The number of imidazole rings is 1. The van der Waals surface area contributed by atoms with Gasteiger partial charge in [0.25, 0.3) is 0 Å². The van der Waals surface area contributed by atoms with Crippen LogP contribution in [-0.2, 0) is 11.8 Å². The molecule has 6 nitrogen and oxygen atoms in total. The number of aromatic carboxylic acids is 1. The fraction of sp³-hybridized carbons (Fsp3) is 0.263. The van der Waals surface area contributed by atoms with Crippen LogP contribution in [0.5, 0.6) is 0 Å². The van der Waals surface area contributed by atoms with Crippen LogP contribution in [0.2, 0.25) is 0 Å². The maximum absolute atomic E-state index is 14.0. The van der Waals surface area contributed by atoms with Gasteiger partial charge in [0, 0.05) is 29.2 Å². The Morgan fingerprint density at radius 2 is 2.04 bits per heavy atom. The van der Waals surface area contributed by atoms with Gasteiger partial charge in [0.2, 0.25) is 0 Å². The fourth-order valence-corrected chi connectivity index (χ4v) is 3.15. The maximum Gasteiger partial charge on any atom is 0.356 e. The van der Waals surface area contributed by atoms with Crippen molar-refractivity contribution in [2.75, 3.05) is 0 Å². The van der Waals surface area contributed by atoms with Crippen LogP contribution in [0.3, 0.4) is 0 Å². The predicted molar refractivity (Wildman–Crippen MR) is 93.0 cm³/mol.